The van der Waals surface area contributed by atoms with E-state index in [-0.39, 0.29) is 0 Å². The molecule has 0 aliphatic carbocycles. The molecule has 0 radical (unpaired) electrons. The van der Waals surface area contributed by atoms with Gasteiger partial charge in [-0.2, -0.15) is 0 Å². The number of hydrogen-bond acceptors (Lipinski definition) is 2. The van der Waals surface area contributed by atoms with Gasteiger partial charge in [0.25, 0.3) is 0 Å². The molecule has 1 unspecified atom stereocenters. The summed E-state index contributed by atoms with van der Waals surface area (Å²) in [6.45, 7) is 3.77. The first kappa shape index (κ1) is 11.3. The molecular weight excluding hydrogens is 200 g/mol. The Morgan fingerprint density at radius 1 is 1.50 bits per heavy atom. The van der Waals surface area contributed by atoms with E-state index < -0.39 is 6.10 Å². The molecule has 0 spiro atoms. The average Bonchev–Trinajstić information content (AvgIpc) is 2.17. The van der Waals surface area contributed by atoms with Crippen molar-refractivity contribution in [1.82, 2.24) is 0 Å². The van der Waals surface area contributed by atoms with Gasteiger partial charge in [0.05, 0.1) is 18.2 Å². The number of aliphatic hydroxyl groups is 1. The van der Waals surface area contributed by atoms with Crippen molar-refractivity contribution in [2.24, 2.45) is 0 Å². The number of rotatable bonds is 3. The second-order valence-electron chi connectivity index (χ2n) is 3.22. The van der Waals surface area contributed by atoms with Gasteiger partial charge in [-0.05, 0) is 36.6 Å². The molecular formula is C11H15ClO2. The lowest BCUT2D eigenvalue weighted by Gasteiger charge is -2.13. The van der Waals surface area contributed by atoms with E-state index in [1.807, 2.05) is 13.0 Å². The largest absolute Gasteiger partial charge is 0.495 e. The SMILES string of the molecule is CCc1cc(OC)c(Cl)cc1C(C)O. The summed E-state index contributed by atoms with van der Waals surface area (Å²) >= 11 is 5.97. The zero-order chi connectivity index (χ0) is 10.7. The highest BCUT2D eigenvalue weighted by molar-refractivity contribution is 6.32. The maximum absolute atomic E-state index is 9.52. The first-order chi connectivity index (χ1) is 6.60. The topological polar surface area (TPSA) is 29.5 Å². The normalized spacial score (nSPS) is 12.6. The highest BCUT2D eigenvalue weighted by Gasteiger charge is 2.11. The lowest BCUT2D eigenvalue weighted by molar-refractivity contribution is 0.198. The van der Waals surface area contributed by atoms with Crippen LogP contribution in [0.1, 0.15) is 31.1 Å². The molecule has 1 aromatic rings. The summed E-state index contributed by atoms with van der Waals surface area (Å²) in [6, 6.07) is 3.65. The van der Waals surface area contributed by atoms with Gasteiger partial charge < -0.3 is 9.84 Å². The lowest BCUT2D eigenvalue weighted by Crippen LogP contribution is -1.99. The average molecular weight is 215 g/mol. The summed E-state index contributed by atoms with van der Waals surface area (Å²) in [7, 11) is 1.59. The van der Waals surface area contributed by atoms with Gasteiger partial charge in [0, 0.05) is 0 Å². The van der Waals surface area contributed by atoms with E-state index in [1.165, 1.54) is 0 Å². The van der Waals surface area contributed by atoms with Gasteiger partial charge in [0.15, 0.2) is 0 Å². The molecule has 14 heavy (non-hydrogen) atoms. The molecule has 0 aliphatic rings. The van der Waals surface area contributed by atoms with E-state index >= 15 is 0 Å². The van der Waals surface area contributed by atoms with Crippen molar-refractivity contribution in [2.75, 3.05) is 7.11 Å². The van der Waals surface area contributed by atoms with Crippen LogP contribution in [0.3, 0.4) is 0 Å². The van der Waals surface area contributed by atoms with Crippen molar-refractivity contribution >= 4 is 11.6 Å². The Labute approximate surface area is 89.5 Å². The first-order valence-corrected chi connectivity index (χ1v) is 5.02. The van der Waals surface area contributed by atoms with E-state index in [4.69, 9.17) is 16.3 Å². The standard InChI is InChI=1S/C11H15ClO2/c1-4-8-5-11(14-3)10(12)6-9(8)7(2)13/h5-7,13H,4H2,1-3H3. The molecule has 1 N–H and O–H groups in total. The fourth-order valence-electron chi connectivity index (χ4n) is 1.46. The number of aliphatic hydroxyl groups excluding tert-OH is 1. The highest BCUT2D eigenvalue weighted by atomic mass is 35.5. The fraction of sp³-hybridized carbons (Fsp3) is 0.455. The van der Waals surface area contributed by atoms with Gasteiger partial charge in [-0.25, -0.2) is 0 Å². The van der Waals surface area contributed by atoms with Crippen LogP contribution in [0, 0.1) is 0 Å². The van der Waals surface area contributed by atoms with Crippen LogP contribution < -0.4 is 4.74 Å². The van der Waals surface area contributed by atoms with Gasteiger partial charge in [0.1, 0.15) is 5.75 Å². The number of ether oxygens (including phenoxy) is 1. The third kappa shape index (κ3) is 2.20. The Morgan fingerprint density at radius 3 is 2.57 bits per heavy atom. The molecule has 0 saturated heterocycles. The molecule has 1 atom stereocenters. The van der Waals surface area contributed by atoms with Gasteiger partial charge in [-0.15, -0.1) is 0 Å². The lowest BCUT2D eigenvalue weighted by atomic mass is 10.0. The van der Waals surface area contributed by atoms with E-state index in [0.717, 1.165) is 17.5 Å². The van der Waals surface area contributed by atoms with Crippen molar-refractivity contribution in [3.8, 4) is 5.75 Å². The molecule has 1 rings (SSSR count). The Balaban J connectivity index is 3.24. The van der Waals surface area contributed by atoms with Crippen LogP contribution >= 0.6 is 11.6 Å². The Bertz CT molecular complexity index is 321. The van der Waals surface area contributed by atoms with Crippen LogP contribution in [0.25, 0.3) is 0 Å². The molecule has 3 heteroatoms. The van der Waals surface area contributed by atoms with E-state index in [2.05, 4.69) is 0 Å². The molecule has 0 bridgehead atoms. The van der Waals surface area contributed by atoms with Crippen LogP contribution in [0.4, 0.5) is 0 Å². The maximum Gasteiger partial charge on any atom is 0.137 e. The molecule has 0 aromatic heterocycles. The van der Waals surface area contributed by atoms with Crippen LogP contribution in [-0.2, 0) is 6.42 Å². The zero-order valence-corrected chi connectivity index (χ0v) is 9.43. The van der Waals surface area contributed by atoms with Crippen molar-refractivity contribution in [1.29, 1.82) is 0 Å². The minimum atomic E-state index is -0.492. The summed E-state index contributed by atoms with van der Waals surface area (Å²) in [6.07, 6.45) is 0.363. The number of benzene rings is 1. The highest BCUT2D eigenvalue weighted by Crippen LogP contribution is 2.31. The molecule has 78 valence electrons. The van der Waals surface area contributed by atoms with Crippen LogP contribution in [-0.4, -0.2) is 12.2 Å². The van der Waals surface area contributed by atoms with E-state index in [9.17, 15) is 5.11 Å². The Morgan fingerprint density at radius 2 is 2.14 bits per heavy atom. The fourth-order valence-corrected chi connectivity index (χ4v) is 1.71. The summed E-state index contributed by atoms with van der Waals surface area (Å²) < 4.78 is 5.11. The molecule has 1 aromatic carbocycles. The smallest absolute Gasteiger partial charge is 0.137 e. The van der Waals surface area contributed by atoms with E-state index in [0.29, 0.717) is 10.8 Å². The zero-order valence-electron chi connectivity index (χ0n) is 8.67. The number of halogens is 1. The van der Waals surface area contributed by atoms with Crippen molar-refractivity contribution < 1.29 is 9.84 Å². The Hall–Kier alpha value is -0.730. The van der Waals surface area contributed by atoms with Crippen molar-refractivity contribution in [3.05, 3.63) is 28.3 Å². The molecule has 0 heterocycles. The molecule has 0 amide bonds. The van der Waals surface area contributed by atoms with E-state index in [1.54, 1.807) is 20.1 Å². The third-order valence-corrected chi connectivity index (χ3v) is 2.54. The molecule has 2 nitrogen and oxygen atoms in total. The predicted molar refractivity (Wildman–Crippen MR) is 58.0 cm³/mol. The maximum atomic E-state index is 9.52. The van der Waals surface area contributed by atoms with Crippen molar-refractivity contribution in [3.63, 3.8) is 0 Å². The van der Waals surface area contributed by atoms with Crippen LogP contribution in [0.5, 0.6) is 5.75 Å². The summed E-state index contributed by atoms with van der Waals surface area (Å²) in [5.74, 6) is 0.660. The molecule has 0 saturated carbocycles. The number of methoxy groups -OCH3 is 1. The minimum absolute atomic E-state index is 0.492. The second-order valence-corrected chi connectivity index (χ2v) is 3.62. The monoisotopic (exact) mass is 214 g/mol. The quantitative estimate of drug-likeness (QED) is 0.839. The number of hydrogen-bond donors (Lipinski definition) is 1. The summed E-state index contributed by atoms with van der Waals surface area (Å²) in [4.78, 5) is 0. The first-order valence-electron chi connectivity index (χ1n) is 4.64. The summed E-state index contributed by atoms with van der Waals surface area (Å²) in [5.41, 5.74) is 1.94. The van der Waals surface area contributed by atoms with Gasteiger partial charge >= 0.3 is 0 Å². The van der Waals surface area contributed by atoms with Gasteiger partial charge in [0.2, 0.25) is 0 Å². The number of aryl methyl sites for hydroxylation is 1. The van der Waals surface area contributed by atoms with Crippen LogP contribution in [0.2, 0.25) is 5.02 Å². The summed E-state index contributed by atoms with van der Waals surface area (Å²) in [5, 5.41) is 10.1. The van der Waals surface area contributed by atoms with Crippen molar-refractivity contribution in [2.45, 2.75) is 26.4 Å². The molecule has 0 fully saturated rings. The Kier molecular flexibility index (Phi) is 3.78. The predicted octanol–water partition coefficient (Wildman–Crippen LogP) is 2.96. The third-order valence-electron chi connectivity index (χ3n) is 2.24. The van der Waals surface area contributed by atoms with Gasteiger partial charge in [-0.3, -0.25) is 0 Å². The molecule has 0 aliphatic heterocycles. The van der Waals surface area contributed by atoms with Crippen LogP contribution in [0.15, 0.2) is 12.1 Å². The minimum Gasteiger partial charge on any atom is -0.495 e. The second kappa shape index (κ2) is 4.67. The van der Waals surface area contributed by atoms with Gasteiger partial charge in [-0.1, -0.05) is 18.5 Å².